The lowest BCUT2D eigenvalue weighted by molar-refractivity contribution is -0.151. The number of halogens is 3. The van der Waals surface area contributed by atoms with Gasteiger partial charge in [0.15, 0.2) is 6.04 Å². The molecule has 2 N–H and O–H groups in total. The fourth-order valence-corrected chi connectivity index (χ4v) is 3.17. The third-order valence-electron chi connectivity index (χ3n) is 3.12. The molecule has 0 saturated heterocycles. The first kappa shape index (κ1) is 15.8. The predicted molar refractivity (Wildman–Crippen MR) is 69.0 cm³/mol. The first-order valence-electron chi connectivity index (χ1n) is 6.15. The van der Waals surface area contributed by atoms with Gasteiger partial charge in [0.1, 0.15) is 0 Å². The number of carbonyl (C=O) groups excluding carboxylic acids is 1. The van der Waals surface area contributed by atoms with Crippen LogP contribution in [-0.2, 0) is 16.0 Å². The summed E-state index contributed by atoms with van der Waals surface area (Å²) in [6.45, 7) is -1.63. The summed E-state index contributed by atoms with van der Waals surface area (Å²) in [5.74, 6) is -1.83. The summed E-state index contributed by atoms with van der Waals surface area (Å²) in [5.41, 5.74) is 0.544. The molecule has 1 unspecified atom stereocenters. The highest BCUT2D eigenvalue weighted by atomic mass is 32.1. The van der Waals surface area contributed by atoms with Gasteiger partial charge in [-0.1, -0.05) is 0 Å². The first-order chi connectivity index (χ1) is 9.79. The molecule has 1 aromatic rings. The molecule has 0 saturated carbocycles. The second-order valence-corrected chi connectivity index (χ2v) is 5.60. The average Bonchev–Trinajstić information content (AvgIpc) is 2.83. The lowest BCUT2D eigenvalue weighted by Crippen LogP contribution is -2.47. The maximum atomic E-state index is 12.0. The standard InChI is InChI=1S/C12H13F3N2O3S/c13-12(14,15)6-16-5-9(18)17-3-1-8-7(2-4-21-8)10(17)11(19)20/h2,4,10,16H,1,3,5-6H2,(H,19,20). The zero-order valence-electron chi connectivity index (χ0n) is 10.8. The van der Waals surface area contributed by atoms with E-state index in [2.05, 4.69) is 0 Å². The lowest BCUT2D eigenvalue weighted by atomic mass is 10.00. The van der Waals surface area contributed by atoms with Crippen LogP contribution in [0.1, 0.15) is 16.5 Å². The maximum absolute atomic E-state index is 12.0. The molecular formula is C12H13F3N2O3S. The molecule has 21 heavy (non-hydrogen) atoms. The van der Waals surface area contributed by atoms with Crippen molar-refractivity contribution in [1.29, 1.82) is 0 Å². The minimum absolute atomic E-state index is 0.191. The van der Waals surface area contributed by atoms with E-state index in [9.17, 15) is 27.9 Å². The van der Waals surface area contributed by atoms with Gasteiger partial charge in [-0.05, 0) is 23.4 Å². The minimum Gasteiger partial charge on any atom is -0.479 e. The van der Waals surface area contributed by atoms with Crippen LogP contribution in [0.25, 0.3) is 0 Å². The molecule has 1 aliphatic heterocycles. The number of rotatable bonds is 4. The van der Waals surface area contributed by atoms with Gasteiger partial charge in [0.25, 0.3) is 0 Å². The molecule has 0 radical (unpaired) electrons. The van der Waals surface area contributed by atoms with E-state index < -0.39 is 37.2 Å². The van der Waals surface area contributed by atoms with Crippen molar-refractivity contribution in [2.45, 2.75) is 18.6 Å². The molecule has 1 aliphatic rings. The Morgan fingerprint density at radius 2 is 2.19 bits per heavy atom. The lowest BCUT2D eigenvalue weighted by Gasteiger charge is -2.33. The van der Waals surface area contributed by atoms with Crippen LogP contribution in [0, 0.1) is 0 Å². The molecule has 0 spiro atoms. The molecule has 0 aromatic carbocycles. The van der Waals surface area contributed by atoms with Gasteiger partial charge in [-0.3, -0.25) is 4.79 Å². The molecule has 5 nitrogen and oxygen atoms in total. The number of hydrogen-bond donors (Lipinski definition) is 2. The van der Waals surface area contributed by atoms with Crippen molar-refractivity contribution in [2.24, 2.45) is 0 Å². The van der Waals surface area contributed by atoms with Gasteiger partial charge in [-0.15, -0.1) is 11.3 Å². The summed E-state index contributed by atoms with van der Waals surface area (Å²) < 4.78 is 36.1. The molecule has 0 bridgehead atoms. The SMILES string of the molecule is O=C(O)C1c2ccsc2CCN1C(=O)CNCC(F)(F)F. The molecule has 116 valence electrons. The predicted octanol–water partition coefficient (Wildman–Crippen LogP) is 1.41. The van der Waals surface area contributed by atoms with E-state index in [-0.39, 0.29) is 6.54 Å². The number of nitrogens with zero attached hydrogens (tertiary/aromatic N) is 1. The maximum Gasteiger partial charge on any atom is 0.401 e. The van der Waals surface area contributed by atoms with Crippen molar-refractivity contribution in [3.8, 4) is 0 Å². The van der Waals surface area contributed by atoms with Crippen LogP contribution in [0.3, 0.4) is 0 Å². The van der Waals surface area contributed by atoms with Gasteiger partial charge in [0, 0.05) is 11.4 Å². The van der Waals surface area contributed by atoms with Crippen LogP contribution in [0.15, 0.2) is 11.4 Å². The minimum atomic E-state index is -4.41. The van der Waals surface area contributed by atoms with E-state index in [0.29, 0.717) is 12.0 Å². The van der Waals surface area contributed by atoms with Gasteiger partial charge >= 0.3 is 12.1 Å². The second kappa shape index (κ2) is 6.02. The Bertz CT molecular complexity index is 544. The van der Waals surface area contributed by atoms with Crippen LogP contribution in [0.5, 0.6) is 0 Å². The van der Waals surface area contributed by atoms with E-state index in [4.69, 9.17) is 0 Å². The van der Waals surface area contributed by atoms with Crippen molar-refractivity contribution in [3.63, 3.8) is 0 Å². The number of aliphatic carboxylic acids is 1. The summed E-state index contributed by atoms with van der Waals surface area (Å²) in [6, 6.07) is 0.515. The molecule has 2 heterocycles. The number of alkyl halides is 3. The third kappa shape index (κ3) is 3.73. The highest BCUT2D eigenvalue weighted by Gasteiger charge is 2.36. The average molecular weight is 322 g/mol. The zero-order chi connectivity index (χ0) is 15.6. The van der Waals surface area contributed by atoms with Crippen LogP contribution in [0.2, 0.25) is 0 Å². The van der Waals surface area contributed by atoms with Gasteiger partial charge in [0.05, 0.1) is 13.1 Å². The highest BCUT2D eigenvalue weighted by Crippen LogP contribution is 2.33. The number of carboxylic acid groups (broad SMARTS) is 1. The largest absolute Gasteiger partial charge is 0.479 e. The molecule has 0 fully saturated rings. The molecule has 1 amide bonds. The second-order valence-electron chi connectivity index (χ2n) is 4.60. The summed E-state index contributed by atoms with van der Waals surface area (Å²) in [4.78, 5) is 25.3. The van der Waals surface area contributed by atoms with Gasteiger partial charge in [-0.25, -0.2) is 4.79 Å². The number of amides is 1. The Kier molecular flexibility index (Phi) is 4.52. The van der Waals surface area contributed by atoms with E-state index in [1.165, 1.54) is 11.3 Å². The summed E-state index contributed by atoms with van der Waals surface area (Å²) in [7, 11) is 0. The number of nitrogens with one attached hydrogen (secondary N) is 1. The number of hydrogen-bond acceptors (Lipinski definition) is 4. The number of carbonyl (C=O) groups is 2. The van der Waals surface area contributed by atoms with Gasteiger partial charge in [-0.2, -0.15) is 13.2 Å². The summed E-state index contributed by atoms with van der Waals surface area (Å²) >= 11 is 1.42. The van der Waals surface area contributed by atoms with Crippen molar-refractivity contribution < 1.29 is 27.9 Å². The first-order valence-corrected chi connectivity index (χ1v) is 7.03. The number of fused-ring (bicyclic) bond motifs is 1. The fraction of sp³-hybridized carbons (Fsp3) is 0.500. The van der Waals surface area contributed by atoms with Crippen LogP contribution in [0.4, 0.5) is 13.2 Å². The zero-order valence-corrected chi connectivity index (χ0v) is 11.6. The van der Waals surface area contributed by atoms with E-state index in [1.807, 2.05) is 5.32 Å². The summed E-state index contributed by atoms with van der Waals surface area (Å²) in [6.07, 6.45) is -3.89. The Morgan fingerprint density at radius 3 is 2.81 bits per heavy atom. The van der Waals surface area contributed by atoms with Crippen molar-refractivity contribution >= 4 is 23.2 Å². The Morgan fingerprint density at radius 1 is 1.48 bits per heavy atom. The smallest absolute Gasteiger partial charge is 0.401 e. The van der Waals surface area contributed by atoms with Crippen LogP contribution in [-0.4, -0.2) is 47.7 Å². The molecule has 1 aromatic heterocycles. The highest BCUT2D eigenvalue weighted by molar-refractivity contribution is 7.10. The van der Waals surface area contributed by atoms with E-state index in [1.54, 1.807) is 11.4 Å². The molecule has 0 aliphatic carbocycles. The molecule has 2 rings (SSSR count). The van der Waals surface area contributed by atoms with Gasteiger partial charge < -0.3 is 15.3 Å². The Balaban J connectivity index is 2.05. The van der Waals surface area contributed by atoms with Crippen LogP contribution >= 0.6 is 11.3 Å². The molecular weight excluding hydrogens is 309 g/mol. The number of carboxylic acids is 1. The monoisotopic (exact) mass is 322 g/mol. The molecule has 9 heteroatoms. The Hall–Kier alpha value is -1.61. The third-order valence-corrected chi connectivity index (χ3v) is 4.12. The van der Waals surface area contributed by atoms with Crippen molar-refractivity contribution in [3.05, 3.63) is 21.9 Å². The van der Waals surface area contributed by atoms with Crippen molar-refractivity contribution in [1.82, 2.24) is 10.2 Å². The topological polar surface area (TPSA) is 69.6 Å². The quantitative estimate of drug-likeness (QED) is 0.879. The van der Waals surface area contributed by atoms with E-state index in [0.717, 1.165) is 9.78 Å². The van der Waals surface area contributed by atoms with Crippen LogP contribution < -0.4 is 5.32 Å². The Labute approximate surface area is 122 Å². The normalized spacial score (nSPS) is 18.4. The van der Waals surface area contributed by atoms with Gasteiger partial charge in [0.2, 0.25) is 5.91 Å². The number of thiophene rings is 1. The summed E-state index contributed by atoms with van der Waals surface area (Å²) in [5, 5.41) is 13.0. The fourth-order valence-electron chi connectivity index (χ4n) is 2.26. The van der Waals surface area contributed by atoms with E-state index >= 15 is 0 Å². The van der Waals surface area contributed by atoms with Crippen molar-refractivity contribution in [2.75, 3.05) is 19.6 Å². The molecule has 1 atom stereocenters.